The van der Waals surface area contributed by atoms with Crippen molar-refractivity contribution in [1.29, 1.82) is 5.41 Å². The van der Waals surface area contributed by atoms with Crippen LogP contribution >= 0.6 is 0 Å². The number of nitrogens with one attached hydrogen (secondary N) is 1. The molecule has 0 unspecified atom stereocenters. The first kappa shape index (κ1) is 12.4. The lowest BCUT2D eigenvalue weighted by Crippen LogP contribution is -2.64. The maximum Gasteiger partial charge on any atom is 0.247 e. The number of hydrogen-bond acceptors (Lipinski definition) is 2. The quantitative estimate of drug-likeness (QED) is 0.557. The summed E-state index contributed by atoms with van der Waals surface area (Å²) in [5, 5.41) is 8.35. The molecule has 96 valence electrons. The summed E-state index contributed by atoms with van der Waals surface area (Å²) in [6.45, 7) is 5.41. The standard InChI is InChI=1S/C13H23N3O/c1-13(2)12(17)15(3)8-9-16(13)11(14)10-6-4-5-7-10/h10,14H,4-9H2,1-3H3. The zero-order valence-corrected chi connectivity index (χ0v) is 11.1. The molecule has 0 atom stereocenters. The molecule has 1 amide bonds. The minimum atomic E-state index is -0.549. The third kappa shape index (κ3) is 2.05. The van der Waals surface area contributed by atoms with Crippen molar-refractivity contribution >= 4 is 11.7 Å². The Hall–Kier alpha value is -1.06. The van der Waals surface area contributed by atoms with Crippen LogP contribution in [0.3, 0.4) is 0 Å². The summed E-state index contributed by atoms with van der Waals surface area (Å²) in [4.78, 5) is 16.0. The molecular weight excluding hydrogens is 214 g/mol. The van der Waals surface area contributed by atoms with E-state index in [1.165, 1.54) is 12.8 Å². The molecule has 4 heteroatoms. The minimum absolute atomic E-state index is 0.131. The molecule has 1 aliphatic carbocycles. The lowest BCUT2D eigenvalue weighted by Gasteiger charge is -2.47. The number of nitrogens with zero attached hydrogens (tertiary/aromatic N) is 2. The molecule has 0 bridgehead atoms. The van der Waals surface area contributed by atoms with Crippen molar-refractivity contribution in [3.05, 3.63) is 0 Å². The maximum atomic E-state index is 12.2. The van der Waals surface area contributed by atoms with Crippen LogP contribution < -0.4 is 0 Å². The first-order chi connectivity index (χ1) is 7.94. The van der Waals surface area contributed by atoms with Crippen LogP contribution in [0, 0.1) is 11.3 Å². The van der Waals surface area contributed by atoms with E-state index in [4.69, 9.17) is 5.41 Å². The van der Waals surface area contributed by atoms with Crippen molar-refractivity contribution in [2.45, 2.75) is 45.1 Å². The number of amides is 1. The van der Waals surface area contributed by atoms with Gasteiger partial charge in [-0.3, -0.25) is 10.2 Å². The van der Waals surface area contributed by atoms with E-state index < -0.39 is 5.54 Å². The molecule has 0 aromatic heterocycles. The average Bonchev–Trinajstić information content (AvgIpc) is 2.79. The van der Waals surface area contributed by atoms with E-state index in [9.17, 15) is 4.79 Å². The second-order valence-electron chi connectivity index (χ2n) is 5.80. The SMILES string of the molecule is CN1CCN(C(=N)C2CCCC2)C(C)(C)C1=O. The fraction of sp³-hybridized carbons (Fsp3) is 0.846. The van der Waals surface area contributed by atoms with Crippen molar-refractivity contribution in [1.82, 2.24) is 9.80 Å². The van der Waals surface area contributed by atoms with Crippen molar-refractivity contribution in [3.63, 3.8) is 0 Å². The van der Waals surface area contributed by atoms with Gasteiger partial charge in [0, 0.05) is 26.1 Å². The van der Waals surface area contributed by atoms with E-state index >= 15 is 0 Å². The average molecular weight is 237 g/mol. The Morgan fingerprint density at radius 2 is 1.88 bits per heavy atom. The summed E-state index contributed by atoms with van der Waals surface area (Å²) < 4.78 is 0. The summed E-state index contributed by atoms with van der Waals surface area (Å²) in [7, 11) is 1.85. The van der Waals surface area contributed by atoms with Crippen molar-refractivity contribution in [2.75, 3.05) is 20.1 Å². The number of likely N-dealkylation sites (N-methyl/N-ethyl adjacent to an activating group) is 1. The predicted octanol–water partition coefficient (Wildman–Crippen LogP) is 1.71. The second-order valence-corrected chi connectivity index (χ2v) is 5.80. The molecule has 1 N–H and O–H groups in total. The highest BCUT2D eigenvalue weighted by Gasteiger charge is 2.43. The number of piperazine rings is 1. The summed E-state index contributed by atoms with van der Waals surface area (Å²) >= 11 is 0. The highest BCUT2D eigenvalue weighted by molar-refractivity contribution is 5.93. The van der Waals surface area contributed by atoms with E-state index in [1.807, 2.05) is 25.8 Å². The minimum Gasteiger partial charge on any atom is -0.344 e. The van der Waals surface area contributed by atoms with E-state index in [1.54, 1.807) is 4.90 Å². The molecule has 2 fully saturated rings. The van der Waals surface area contributed by atoms with E-state index in [2.05, 4.69) is 0 Å². The van der Waals surface area contributed by atoms with Crippen LogP contribution in [0.5, 0.6) is 0 Å². The van der Waals surface area contributed by atoms with Gasteiger partial charge in [-0.2, -0.15) is 0 Å². The van der Waals surface area contributed by atoms with Crippen LogP contribution in [0.2, 0.25) is 0 Å². The Morgan fingerprint density at radius 1 is 1.29 bits per heavy atom. The molecule has 2 rings (SSSR count). The second kappa shape index (κ2) is 4.31. The Balaban J connectivity index is 2.14. The summed E-state index contributed by atoms with van der Waals surface area (Å²) in [5.41, 5.74) is -0.549. The number of amidine groups is 1. The fourth-order valence-corrected chi connectivity index (χ4v) is 3.05. The number of rotatable bonds is 1. The van der Waals surface area contributed by atoms with Gasteiger partial charge in [-0.15, -0.1) is 0 Å². The first-order valence-electron chi connectivity index (χ1n) is 6.56. The van der Waals surface area contributed by atoms with Gasteiger partial charge >= 0.3 is 0 Å². The molecule has 0 aromatic carbocycles. The monoisotopic (exact) mass is 237 g/mol. The molecular formula is C13H23N3O. The molecule has 2 aliphatic rings. The number of hydrogen-bond donors (Lipinski definition) is 1. The Morgan fingerprint density at radius 3 is 2.47 bits per heavy atom. The van der Waals surface area contributed by atoms with Gasteiger partial charge < -0.3 is 9.80 Å². The molecule has 1 saturated carbocycles. The maximum absolute atomic E-state index is 12.2. The van der Waals surface area contributed by atoms with Crippen LogP contribution in [-0.4, -0.2) is 47.2 Å². The van der Waals surface area contributed by atoms with Gasteiger partial charge in [-0.05, 0) is 26.7 Å². The van der Waals surface area contributed by atoms with Crippen LogP contribution in [0.4, 0.5) is 0 Å². The topological polar surface area (TPSA) is 47.4 Å². The highest BCUT2D eigenvalue weighted by Crippen LogP contribution is 2.31. The predicted molar refractivity (Wildman–Crippen MR) is 68.1 cm³/mol. The molecule has 17 heavy (non-hydrogen) atoms. The lowest BCUT2D eigenvalue weighted by atomic mass is 9.94. The molecule has 1 heterocycles. The Labute approximate surface area is 103 Å². The third-order valence-corrected chi connectivity index (χ3v) is 4.24. The third-order valence-electron chi connectivity index (χ3n) is 4.24. The largest absolute Gasteiger partial charge is 0.344 e. The van der Waals surface area contributed by atoms with E-state index in [0.29, 0.717) is 11.8 Å². The number of carbonyl (C=O) groups excluding carboxylic acids is 1. The Bertz CT molecular complexity index is 332. The van der Waals surface area contributed by atoms with Gasteiger partial charge in [0.05, 0.1) is 5.84 Å². The van der Waals surface area contributed by atoms with Crippen LogP contribution in [0.25, 0.3) is 0 Å². The summed E-state index contributed by atoms with van der Waals surface area (Å²) in [5.74, 6) is 1.20. The lowest BCUT2D eigenvalue weighted by molar-refractivity contribution is -0.143. The van der Waals surface area contributed by atoms with Gasteiger partial charge in [0.2, 0.25) is 5.91 Å². The van der Waals surface area contributed by atoms with Gasteiger partial charge in [-0.1, -0.05) is 12.8 Å². The van der Waals surface area contributed by atoms with Crippen LogP contribution in [0.15, 0.2) is 0 Å². The van der Waals surface area contributed by atoms with Crippen LogP contribution in [-0.2, 0) is 4.79 Å². The summed E-state index contributed by atoms with van der Waals surface area (Å²) in [6.07, 6.45) is 4.70. The molecule has 0 spiro atoms. The van der Waals surface area contributed by atoms with E-state index in [-0.39, 0.29) is 5.91 Å². The van der Waals surface area contributed by atoms with Gasteiger partial charge in [-0.25, -0.2) is 0 Å². The van der Waals surface area contributed by atoms with Crippen LogP contribution in [0.1, 0.15) is 39.5 Å². The van der Waals surface area contributed by atoms with Gasteiger partial charge in [0.1, 0.15) is 5.54 Å². The zero-order valence-electron chi connectivity index (χ0n) is 11.1. The first-order valence-corrected chi connectivity index (χ1v) is 6.56. The smallest absolute Gasteiger partial charge is 0.247 e. The van der Waals surface area contributed by atoms with Crippen molar-refractivity contribution in [2.24, 2.45) is 5.92 Å². The Kier molecular flexibility index (Phi) is 3.15. The normalized spacial score (nSPS) is 25.5. The summed E-state index contributed by atoms with van der Waals surface area (Å²) in [6, 6.07) is 0. The molecule has 4 nitrogen and oxygen atoms in total. The number of carbonyl (C=O) groups is 1. The van der Waals surface area contributed by atoms with Crippen molar-refractivity contribution < 1.29 is 4.79 Å². The molecule has 0 aromatic rings. The van der Waals surface area contributed by atoms with Gasteiger partial charge in [0.25, 0.3) is 0 Å². The van der Waals surface area contributed by atoms with Gasteiger partial charge in [0.15, 0.2) is 0 Å². The van der Waals surface area contributed by atoms with E-state index in [0.717, 1.165) is 25.9 Å². The highest BCUT2D eigenvalue weighted by atomic mass is 16.2. The zero-order chi connectivity index (χ0) is 12.6. The fourth-order valence-electron chi connectivity index (χ4n) is 3.05. The molecule has 1 saturated heterocycles. The molecule has 1 aliphatic heterocycles. The van der Waals surface area contributed by atoms with Crippen molar-refractivity contribution in [3.8, 4) is 0 Å². The molecule has 0 radical (unpaired) electrons.